The van der Waals surface area contributed by atoms with E-state index in [0.29, 0.717) is 16.5 Å². The molecule has 0 radical (unpaired) electrons. The molecule has 1 aliphatic heterocycles. The lowest BCUT2D eigenvalue weighted by atomic mass is 10.1. The Morgan fingerprint density at radius 3 is 2.84 bits per heavy atom. The average molecular weight is 294 g/mol. The zero-order chi connectivity index (χ0) is 13.4. The third-order valence-electron chi connectivity index (χ3n) is 3.30. The van der Waals surface area contributed by atoms with Crippen molar-refractivity contribution in [1.82, 2.24) is 15.3 Å². The molecular weight excluding hydrogens is 281 g/mol. The first-order chi connectivity index (χ1) is 9.13. The minimum Gasteiger partial charge on any atom is -0.307 e. The summed E-state index contributed by atoms with van der Waals surface area (Å²) in [6.07, 6.45) is 0.629. The quantitative estimate of drug-likeness (QED) is 0.923. The maximum atomic E-state index is 6.18. The Hall–Kier alpha value is -1.16. The molecule has 0 amide bonds. The molecule has 0 unspecified atom stereocenters. The van der Waals surface area contributed by atoms with Crippen LogP contribution in [0, 0.1) is 6.92 Å². The van der Waals surface area contributed by atoms with Gasteiger partial charge in [-0.05, 0) is 24.6 Å². The van der Waals surface area contributed by atoms with Gasteiger partial charge < -0.3 is 5.32 Å². The molecule has 1 aromatic heterocycles. The van der Waals surface area contributed by atoms with Gasteiger partial charge in [0.05, 0.1) is 5.69 Å². The van der Waals surface area contributed by atoms with Crippen LogP contribution in [0.25, 0.3) is 0 Å². The summed E-state index contributed by atoms with van der Waals surface area (Å²) in [4.78, 5) is 9.17. The van der Waals surface area contributed by atoms with Crippen LogP contribution in [0.4, 0.5) is 0 Å². The highest BCUT2D eigenvalue weighted by Gasteiger charge is 2.16. The van der Waals surface area contributed by atoms with Crippen LogP contribution >= 0.6 is 23.2 Å². The summed E-state index contributed by atoms with van der Waals surface area (Å²) in [7, 11) is 0. The fourth-order valence-electron chi connectivity index (χ4n) is 2.31. The predicted octanol–water partition coefficient (Wildman–Crippen LogP) is 3.29. The second-order valence-corrected chi connectivity index (χ2v) is 5.51. The standard InChI is InChI=1S/C14H13Cl2N3/c1-8-11-6-17-7-13(11)19-14(18-8)4-9-2-3-10(15)5-12(9)16/h2-3,5,17H,4,6-7H2,1H3. The number of hydrogen-bond acceptors (Lipinski definition) is 3. The molecule has 0 aliphatic carbocycles. The summed E-state index contributed by atoms with van der Waals surface area (Å²) in [5, 5.41) is 4.59. The molecule has 1 N–H and O–H groups in total. The van der Waals surface area contributed by atoms with Gasteiger partial charge in [-0.15, -0.1) is 0 Å². The largest absolute Gasteiger partial charge is 0.307 e. The Labute approximate surface area is 122 Å². The first kappa shape index (κ1) is 12.9. The van der Waals surface area contributed by atoms with Crippen LogP contribution in [0.1, 0.15) is 28.3 Å². The number of rotatable bonds is 2. The third kappa shape index (κ3) is 2.59. The van der Waals surface area contributed by atoms with E-state index in [1.54, 1.807) is 6.07 Å². The lowest BCUT2D eigenvalue weighted by Gasteiger charge is -2.07. The normalized spacial score (nSPS) is 13.6. The van der Waals surface area contributed by atoms with Crippen molar-refractivity contribution in [2.24, 2.45) is 0 Å². The molecule has 3 rings (SSSR count). The average Bonchev–Trinajstić information content (AvgIpc) is 2.81. The number of aryl methyl sites for hydroxylation is 1. The van der Waals surface area contributed by atoms with Gasteiger partial charge in [0.2, 0.25) is 0 Å². The zero-order valence-electron chi connectivity index (χ0n) is 10.5. The summed E-state index contributed by atoms with van der Waals surface area (Å²) in [5.74, 6) is 0.809. The number of halogens is 2. The monoisotopic (exact) mass is 293 g/mol. The topological polar surface area (TPSA) is 37.8 Å². The van der Waals surface area contributed by atoms with Gasteiger partial charge in [-0.1, -0.05) is 29.3 Å². The predicted molar refractivity (Wildman–Crippen MR) is 76.6 cm³/mol. The summed E-state index contributed by atoms with van der Waals surface area (Å²) in [6.45, 7) is 3.71. The third-order valence-corrected chi connectivity index (χ3v) is 3.89. The van der Waals surface area contributed by atoms with Crippen molar-refractivity contribution in [1.29, 1.82) is 0 Å². The Balaban J connectivity index is 1.93. The van der Waals surface area contributed by atoms with E-state index in [4.69, 9.17) is 23.2 Å². The second-order valence-electron chi connectivity index (χ2n) is 4.67. The molecule has 1 aromatic carbocycles. The second kappa shape index (κ2) is 5.08. The molecular formula is C14H13Cl2N3. The van der Waals surface area contributed by atoms with E-state index in [-0.39, 0.29) is 0 Å². The molecule has 2 aromatic rings. The van der Waals surface area contributed by atoms with Gasteiger partial charge in [0.15, 0.2) is 0 Å². The fraction of sp³-hybridized carbons (Fsp3) is 0.286. The molecule has 0 atom stereocenters. The summed E-state index contributed by atoms with van der Waals surface area (Å²) >= 11 is 12.1. The number of nitrogens with zero attached hydrogens (tertiary/aromatic N) is 2. The number of nitrogens with one attached hydrogen (secondary N) is 1. The van der Waals surface area contributed by atoms with Crippen molar-refractivity contribution in [3.8, 4) is 0 Å². The highest BCUT2D eigenvalue weighted by atomic mass is 35.5. The fourth-order valence-corrected chi connectivity index (χ4v) is 2.79. The van der Waals surface area contributed by atoms with E-state index < -0.39 is 0 Å². The number of hydrogen-bond donors (Lipinski definition) is 1. The lowest BCUT2D eigenvalue weighted by molar-refractivity contribution is 0.755. The van der Waals surface area contributed by atoms with Crippen molar-refractivity contribution in [3.63, 3.8) is 0 Å². The van der Waals surface area contributed by atoms with Gasteiger partial charge in [-0.2, -0.15) is 0 Å². The van der Waals surface area contributed by atoms with Gasteiger partial charge in [-0.3, -0.25) is 0 Å². The van der Waals surface area contributed by atoms with E-state index in [2.05, 4.69) is 15.3 Å². The Bertz CT molecular complexity index is 641. The first-order valence-corrected chi connectivity index (χ1v) is 6.89. The SMILES string of the molecule is Cc1nc(Cc2ccc(Cl)cc2Cl)nc2c1CNC2. The molecule has 1 aliphatic rings. The molecule has 5 heteroatoms. The van der Waals surface area contributed by atoms with Gasteiger partial charge >= 0.3 is 0 Å². The Morgan fingerprint density at radius 2 is 2.05 bits per heavy atom. The molecule has 2 heterocycles. The summed E-state index contributed by atoms with van der Waals surface area (Å²) < 4.78 is 0. The van der Waals surface area contributed by atoms with Crippen LogP contribution in [0.15, 0.2) is 18.2 Å². The van der Waals surface area contributed by atoms with Crippen molar-refractivity contribution >= 4 is 23.2 Å². The van der Waals surface area contributed by atoms with Crippen LogP contribution in [-0.2, 0) is 19.5 Å². The minimum atomic E-state index is 0.629. The lowest BCUT2D eigenvalue weighted by Crippen LogP contribution is -2.04. The highest BCUT2D eigenvalue weighted by molar-refractivity contribution is 6.35. The van der Waals surface area contributed by atoms with Crippen molar-refractivity contribution in [2.75, 3.05) is 0 Å². The van der Waals surface area contributed by atoms with Crippen LogP contribution in [0.2, 0.25) is 10.0 Å². The Morgan fingerprint density at radius 1 is 1.21 bits per heavy atom. The molecule has 98 valence electrons. The van der Waals surface area contributed by atoms with E-state index in [0.717, 1.165) is 35.9 Å². The highest BCUT2D eigenvalue weighted by Crippen LogP contribution is 2.23. The summed E-state index contributed by atoms with van der Waals surface area (Å²) in [5.41, 5.74) is 4.38. The van der Waals surface area contributed by atoms with Crippen LogP contribution in [-0.4, -0.2) is 9.97 Å². The smallest absolute Gasteiger partial charge is 0.133 e. The number of benzene rings is 1. The molecule has 0 bridgehead atoms. The van der Waals surface area contributed by atoms with Crippen LogP contribution in [0.5, 0.6) is 0 Å². The molecule has 0 fully saturated rings. The van der Waals surface area contributed by atoms with Gasteiger partial charge in [0.1, 0.15) is 5.82 Å². The molecule has 3 nitrogen and oxygen atoms in total. The molecule has 0 saturated heterocycles. The van der Waals surface area contributed by atoms with Crippen LogP contribution in [0.3, 0.4) is 0 Å². The number of aromatic nitrogens is 2. The van der Waals surface area contributed by atoms with Crippen molar-refractivity contribution < 1.29 is 0 Å². The van der Waals surface area contributed by atoms with Gasteiger partial charge in [-0.25, -0.2) is 9.97 Å². The molecule has 0 saturated carbocycles. The maximum Gasteiger partial charge on any atom is 0.133 e. The minimum absolute atomic E-state index is 0.629. The van der Waals surface area contributed by atoms with E-state index in [9.17, 15) is 0 Å². The van der Waals surface area contributed by atoms with E-state index in [1.807, 2.05) is 19.1 Å². The van der Waals surface area contributed by atoms with E-state index in [1.165, 1.54) is 5.56 Å². The van der Waals surface area contributed by atoms with Gasteiger partial charge in [0.25, 0.3) is 0 Å². The van der Waals surface area contributed by atoms with E-state index >= 15 is 0 Å². The number of fused-ring (bicyclic) bond motifs is 1. The Kier molecular flexibility index (Phi) is 3.44. The van der Waals surface area contributed by atoms with Crippen LogP contribution < -0.4 is 5.32 Å². The zero-order valence-corrected chi connectivity index (χ0v) is 12.0. The molecule has 19 heavy (non-hydrogen) atoms. The van der Waals surface area contributed by atoms with Crippen molar-refractivity contribution in [2.45, 2.75) is 26.4 Å². The molecule has 0 spiro atoms. The maximum absolute atomic E-state index is 6.18. The summed E-state index contributed by atoms with van der Waals surface area (Å²) in [6, 6.07) is 5.51. The van der Waals surface area contributed by atoms with Gasteiger partial charge in [0, 0.05) is 40.8 Å². The van der Waals surface area contributed by atoms with Crippen molar-refractivity contribution in [3.05, 3.63) is 56.6 Å². The first-order valence-electron chi connectivity index (χ1n) is 6.13.